The molecule has 0 bridgehead atoms. The zero-order valence-electron chi connectivity index (χ0n) is 21.9. The van der Waals surface area contributed by atoms with Crippen LogP contribution in [-0.2, 0) is 15.3 Å². The largest absolute Gasteiger partial charge is 0.572 e. The van der Waals surface area contributed by atoms with Crippen molar-refractivity contribution in [2.75, 3.05) is 6.61 Å². The molecule has 1 amide bonds. The van der Waals surface area contributed by atoms with Gasteiger partial charge in [-0.3, -0.25) is 9.48 Å². The van der Waals surface area contributed by atoms with Gasteiger partial charge in [0.25, 0.3) is 0 Å². The lowest BCUT2D eigenvalue weighted by Crippen LogP contribution is -2.08. The van der Waals surface area contributed by atoms with E-state index in [-0.39, 0.29) is 18.5 Å². The van der Waals surface area contributed by atoms with Crippen LogP contribution in [0.2, 0.25) is 0 Å². The number of ether oxygens (including phenoxy) is 2. The zero-order valence-corrected chi connectivity index (χ0v) is 22.7. The van der Waals surface area contributed by atoms with Crippen LogP contribution in [0, 0.1) is 17.6 Å². The lowest BCUT2D eigenvalue weighted by molar-refractivity contribution is -0.298. The molecule has 0 N–H and O–H groups in total. The molecular formula is C27H29F4N3O4S. The number of nitroso groups, excluding NO2 is 1. The molecule has 0 radical (unpaired) electrons. The van der Waals surface area contributed by atoms with E-state index in [0.717, 1.165) is 21.5 Å². The zero-order chi connectivity index (χ0) is 29.0. The van der Waals surface area contributed by atoms with E-state index in [1.54, 1.807) is 35.5 Å². The van der Waals surface area contributed by atoms with Gasteiger partial charge in [0.15, 0.2) is 6.61 Å². The number of hydrogen-bond acceptors (Lipinski definition) is 6. The van der Waals surface area contributed by atoms with Crippen molar-refractivity contribution in [2.45, 2.75) is 57.2 Å². The number of aromatic nitrogens is 2. The number of rotatable bonds is 10. The highest BCUT2D eigenvalue weighted by Gasteiger charge is 2.28. The fourth-order valence-corrected chi connectivity index (χ4v) is 4.33. The number of nitrogens with zero attached hydrogens (tertiary/aromatic N) is 3. The second kappa shape index (κ2) is 15.1. The van der Waals surface area contributed by atoms with Gasteiger partial charge < -0.3 is 9.47 Å². The summed E-state index contributed by atoms with van der Waals surface area (Å²) in [5, 5.41) is 7.80. The number of carbonyl (C=O) groups excluding carboxylic acids is 1. The topological polar surface area (TPSA) is 82.8 Å². The summed E-state index contributed by atoms with van der Waals surface area (Å²) in [5.41, 5.74) is 2.15. The Morgan fingerprint density at radius 2 is 2.00 bits per heavy atom. The molecule has 0 aliphatic carbocycles. The van der Waals surface area contributed by atoms with Crippen LogP contribution in [0.3, 0.4) is 0 Å². The maximum Gasteiger partial charge on any atom is 0.572 e. The van der Waals surface area contributed by atoms with Crippen LogP contribution in [0.25, 0.3) is 10.9 Å². The Bertz CT molecular complexity index is 1320. The van der Waals surface area contributed by atoms with Gasteiger partial charge in [0.05, 0.1) is 18.0 Å². The fourth-order valence-electron chi connectivity index (χ4n) is 3.39. The molecule has 0 saturated carbocycles. The van der Waals surface area contributed by atoms with E-state index in [2.05, 4.69) is 15.0 Å². The van der Waals surface area contributed by atoms with Gasteiger partial charge in [-0.15, -0.1) is 29.8 Å². The molecule has 1 aromatic heterocycles. The van der Waals surface area contributed by atoms with E-state index in [4.69, 9.17) is 4.74 Å². The van der Waals surface area contributed by atoms with Gasteiger partial charge in [0, 0.05) is 21.2 Å². The number of amides is 1. The Kier molecular flexibility index (Phi) is 12.2. The molecule has 39 heavy (non-hydrogen) atoms. The minimum Gasteiger partial charge on any atom is -0.483 e. The Balaban J connectivity index is 0.000000510. The van der Waals surface area contributed by atoms with Crippen molar-refractivity contribution in [1.29, 1.82) is 0 Å². The summed E-state index contributed by atoms with van der Waals surface area (Å²) >= 11 is 1.58. The molecule has 3 aromatic rings. The third-order valence-electron chi connectivity index (χ3n) is 5.12. The molecule has 0 saturated heterocycles. The molecule has 0 aliphatic rings. The van der Waals surface area contributed by atoms with E-state index in [9.17, 15) is 27.3 Å². The smallest absolute Gasteiger partial charge is 0.483 e. The summed E-state index contributed by atoms with van der Waals surface area (Å²) in [6.45, 7) is 7.10. The van der Waals surface area contributed by atoms with Crippen LogP contribution in [0.1, 0.15) is 44.5 Å². The Hall–Kier alpha value is -3.67. The van der Waals surface area contributed by atoms with Crippen LogP contribution >= 0.6 is 11.8 Å². The van der Waals surface area contributed by atoms with Crippen molar-refractivity contribution in [3.8, 4) is 5.75 Å². The second-order valence-corrected chi connectivity index (χ2v) is 9.18. The van der Waals surface area contributed by atoms with Gasteiger partial charge in [-0.05, 0) is 63.1 Å². The number of aryl methyl sites for hydroxylation is 1. The molecule has 1 unspecified atom stereocenters. The summed E-state index contributed by atoms with van der Waals surface area (Å²) in [4.78, 5) is 22.1. The summed E-state index contributed by atoms with van der Waals surface area (Å²) in [7, 11) is 0. The number of carbonyl (C=O) groups is 1. The normalized spacial score (nSPS) is 12.4. The van der Waals surface area contributed by atoms with Gasteiger partial charge in [-0.2, -0.15) is 5.10 Å². The van der Waals surface area contributed by atoms with Crippen LogP contribution in [0.4, 0.5) is 17.6 Å². The van der Waals surface area contributed by atoms with Crippen molar-refractivity contribution in [1.82, 2.24) is 9.78 Å². The molecule has 1 heterocycles. The lowest BCUT2D eigenvalue weighted by atomic mass is 10.2. The highest BCUT2D eigenvalue weighted by atomic mass is 32.2. The quantitative estimate of drug-likeness (QED) is 0.0811. The van der Waals surface area contributed by atoms with E-state index in [1.807, 2.05) is 51.1 Å². The number of hydrogen-bond donors (Lipinski definition) is 0. The number of fused-ring (bicyclic) bond motifs is 1. The van der Waals surface area contributed by atoms with Crippen LogP contribution in [0.5, 0.6) is 5.75 Å². The summed E-state index contributed by atoms with van der Waals surface area (Å²) in [5.74, 6) is -0.0461. The first-order valence-corrected chi connectivity index (χ1v) is 12.9. The molecule has 0 aliphatic heterocycles. The van der Waals surface area contributed by atoms with Gasteiger partial charge in [0.1, 0.15) is 17.1 Å². The molecule has 12 heteroatoms. The van der Waals surface area contributed by atoms with E-state index in [0.29, 0.717) is 29.7 Å². The monoisotopic (exact) mass is 567 g/mol. The van der Waals surface area contributed by atoms with Gasteiger partial charge in [0.2, 0.25) is 0 Å². The predicted octanol–water partition coefficient (Wildman–Crippen LogP) is 8.03. The highest BCUT2D eigenvalue weighted by Crippen LogP contribution is 2.32. The SMILES string of the molecule is C/C=C\C(C)n1nc(CSc2ccc(OCC(=O)N=O)c(C)c2)c2cccc(F)c21.CC/C=C/OC(F)(F)F. The highest BCUT2D eigenvalue weighted by molar-refractivity contribution is 7.98. The average molecular weight is 568 g/mol. The van der Waals surface area contributed by atoms with Crippen molar-refractivity contribution in [3.63, 3.8) is 0 Å². The Morgan fingerprint density at radius 1 is 1.26 bits per heavy atom. The standard InChI is InChI=1S/C22H22FN3O3S.C5H7F3O/c1-4-6-15(3)26-22-17(7-5-8-18(22)23)19(24-26)13-30-16-9-10-20(14(2)11-16)29-12-21(27)25-28;1-2-3-4-9-5(6,7)8/h4-11,15H,12-13H2,1-3H3;3-4H,2H2,1H3/b6-4-;4-3+. The average Bonchev–Trinajstić information content (AvgIpc) is 3.27. The summed E-state index contributed by atoms with van der Waals surface area (Å²) in [6.07, 6.45) is 1.83. The Morgan fingerprint density at radius 3 is 2.62 bits per heavy atom. The lowest BCUT2D eigenvalue weighted by Gasteiger charge is -2.09. The maximum atomic E-state index is 14.5. The second-order valence-electron chi connectivity index (χ2n) is 8.13. The van der Waals surface area contributed by atoms with Crippen molar-refractivity contribution in [3.05, 3.63) is 82.9 Å². The van der Waals surface area contributed by atoms with Crippen molar-refractivity contribution < 1.29 is 31.8 Å². The summed E-state index contributed by atoms with van der Waals surface area (Å²) < 4.78 is 58.2. The molecule has 0 spiro atoms. The van der Waals surface area contributed by atoms with E-state index < -0.39 is 12.3 Å². The number of halogens is 4. The van der Waals surface area contributed by atoms with E-state index in [1.165, 1.54) is 12.1 Å². The first-order valence-electron chi connectivity index (χ1n) is 11.9. The van der Waals surface area contributed by atoms with Crippen LogP contribution in [-0.4, -0.2) is 28.7 Å². The number of alkyl halides is 3. The van der Waals surface area contributed by atoms with Gasteiger partial charge in [-0.1, -0.05) is 31.2 Å². The van der Waals surface area contributed by atoms with Crippen molar-refractivity contribution in [2.24, 2.45) is 5.18 Å². The number of para-hydroxylation sites is 1. The number of thioether (sulfide) groups is 1. The third-order valence-corrected chi connectivity index (χ3v) is 6.13. The Labute approximate surface area is 227 Å². The predicted molar refractivity (Wildman–Crippen MR) is 143 cm³/mol. The molecule has 2 aromatic carbocycles. The minimum absolute atomic E-state index is 0.0598. The van der Waals surface area contributed by atoms with Crippen LogP contribution < -0.4 is 4.74 Å². The van der Waals surface area contributed by atoms with E-state index >= 15 is 0 Å². The minimum atomic E-state index is -4.54. The maximum absolute atomic E-state index is 14.5. The molecule has 3 rings (SSSR count). The van der Waals surface area contributed by atoms with Crippen LogP contribution in [0.15, 0.2) is 71.0 Å². The molecular weight excluding hydrogens is 538 g/mol. The van der Waals surface area contributed by atoms with Gasteiger partial charge in [-0.25, -0.2) is 4.39 Å². The number of benzene rings is 2. The third kappa shape index (κ3) is 9.86. The molecule has 0 fully saturated rings. The number of allylic oxidation sites excluding steroid dienone is 3. The van der Waals surface area contributed by atoms with Crippen molar-refractivity contribution >= 4 is 28.6 Å². The first kappa shape index (κ1) is 31.5. The van der Waals surface area contributed by atoms with Gasteiger partial charge >= 0.3 is 12.3 Å². The molecule has 7 nitrogen and oxygen atoms in total. The molecule has 210 valence electrons. The summed E-state index contributed by atoms with van der Waals surface area (Å²) in [6, 6.07) is 10.5. The molecule has 1 atom stereocenters. The fraction of sp³-hybridized carbons (Fsp3) is 0.333. The first-order chi connectivity index (χ1) is 18.5.